The highest BCUT2D eigenvalue weighted by Crippen LogP contribution is 2.47. The second-order valence-corrected chi connectivity index (χ2v) is 6.17. The molecule has 7 heteroatoms. The molecule has 6 nitrogen and oxygen atoms in total. The molecule has 3 N–H and O–H groups in total. The number of amides is 2. The van der Waals surface area contributed by atoms with Crippen molar-refractivity contribution in [2.24, 2.45) is 5.41 Å². The molecule has 1 aliphatic rings. The van der Waals surface area contributed by atoms with Gasteiger partial charge in [0.25, 0.3) is 0 Å². The van der Waals surface area contributed by atoms with Gasteiger partial charge in [-0.15, -0.1) is 11.3 Å². The summed E-state index contributed by atoms with van der Waals surface area (Å²) in [7, 11) is 0. The normalized spacial score (nSPS) is 17.3. The summed E-state index contributed by atoms with van der Waals surface area (Å²) in [4.78, 5) is 26.5. The summed E-state index contributed by atoms with van der Waals surface area (Å²) in [6.07, 6.45) is 3.43. The van der Waals surface area contributed by atoms with Crippen molar-refractivity contribution >= 4 is 23.3 Å². The van der Waals surface area contributed by atoms with Crippen molar-refractivity contribution in [2.45, 2.75) is 39.2 Å². The molecule has 1 heterocycles. The quantitative estimate of drug-likeness (QED) is 0.752. The Morgan fingerprint density at radius 1 is 1.55 bits per heavy atom. The van der Waals surface area contributed by atoms with Crippen molar-refractivity contribution < 1.29 is 14.7 Å². The van der Waals surface area contributed by atoms with Gasteiger partial charge < -0.3 is 15.7 Å². The zero-order valence-corrected chi connectivity index (χ0v) is 12.4. The third-order valence-electron chi connectivity index (χ3n) is 3.79. The van der Waals surface area contributed by atoms with Crippen LogP contribution in [0, 0.1) is 5.41 Å². The van der Waals surface area contributed by atoms with Gasteiger partial charge >= 0.3 is 12.0 Å². The van der Waals surface area contributed by atoms with Crippen molar-refractivity contribution in [3.05, 3.63) is 16.1 Å². The van der Waals surface area contributed by atoms with E-state index in [1.807, 2.05) is 0 Å². The first-order valence-electron chi connectivity index (χ1n) is 6.69. The monoisotopic (exact) mass is 297 g/mol. The van der Waals surface area contributed by atoms with Crippen LogP contribution >= 0.6 is 11.3 Å². The van der Waals surface area contributed by atoms with Gasteiger partial charge in [0.1, 0.15) is 5.01 Å². The smallest absolute Gasteiger partial charge is 0.355 e. The fourth-order valence-corrected chi connectivity index (χ4v) is 2.79. The molecule has 0 aromatic carbocycles. The number of aromatic nitrogens is 1. The second kappa shape index (κ2) is 5.78. The van der Waals surface area contributed by atoms with E-state index in [0.717, 1.165) is 6.42 Å². The molecular formula is C13H19N3O3S. The average Bonchev–Trinajstić information content (AvgIpc) is 3.01. The Kier molecular flexibility index (Phi) is 4.27. The fraction of sp³-hybridized carbons (Fsp3) is 0.615. The number of aromatic carboxylic acids is 1. The molecule has 1 aromatic rings. The second-order valence-electron chi connectivity index (χ2n) is 5.28. The predicted octanol–water partition coefficient (Wildman–Crippen LogP) is 2.39. The standard InChI is InChI=1S/C13H19N3O3S/c1-3-13(4-5-13)7-14-12(19)15-8(2)10-16-9(6-20-10)11(17)18/h6,8H,3-5,7H2,1-2H3,(H,17,18)(H2,14,15,19). The Balaban J connectivity index is 1.82. The first-order valence-corrected chi connectivity index (χ1v) is 7.57. The number of hydrogen-bond donors (Lipinski definition) is 3. The molecule has 1 aromatic heterocycles. The molecule has 1 aliphatic carbocycles. The maximum absolute atomic E-state index is 11.8. The van der Waals surface area contributed by atoms with E-state index >= 15 is 0 Å². The zero-order chi connectivity index (χ0) is 14.8. The van der Waals surface area contributed by atoms with E-state index < -0.39 is 5.97 Å². The van der Waals surface area contributed by atoms with Crippen LogP contribution in [-0.2, 0) is 0 Å². The van der Waals surface area contributed by atoms with Gasteiger partial charge in [-0.05, 0) is 31.6 Å². The fourth-order valence-electron chi connectivity index (χ4n) is 1.99. The Morgan fingerprint density at radius 3 is 2.75 bits per heavy atom. The number of rotatable bonds is 6. The lowest BCUT2D eigenvalue weighted by Crippen LogP contribution is -2.39. The van der Waals surface area contributed by atoms with E-state index in [0.29, 0.717) is 17.0 Å². The van der Waals surface area contributed by atoms with Crippen molar-refractivity contribution in [3.8, 4) is 0 Å². The van der Waals surface area contributed by atoms with Crippen molar-refractivity contribution in [3.63, 3.8) is 0 Å². The van der Waals surface area contributed by atoms with Crippen LogP contribution in [0.2, 0.25) is 0 Å². The highest BCUT2D eigenvalue weighted by molar-refractivity contribution is 7.09. The van der Waals surface area contributed by atoms with Gasteiger partial charge in [-0.1, -0.05) is 6.92 Å². The number of carboxylic acid groups (broad SMARTS) is 1. The van der Waals surface area contributed by atoms with Gasteiger partial charge in [-0.3, -0.25) is 0 Å². The number of carbonyl (C=O) groups is 2. The van der Waals surface area contributed by atoms with Crippen LogP contribution in [0.3, 0.4) is 0 Å². The SMILES string of the molecule is CCC1(CNC(=O)NC(C)c2nc(C(=O)O)cs2)CC1. The number of nitrogens with one attached hydrogen (secondary N) is 2. The van der Waals surface area contributed by atoms with E-state index in [1.54, 1.807) is 6.92 Å². The number of carboxylic acids is 1. The molecule has 0 radical (unpaired) electrons. The van der Waals surface area contributed by atoms with E-state index in [1.165, 1.54) is 29.6 Å². The van der Waals surface area contributed by atoms with Crippen LogP contribution in [0.1, 0.15) is 54.6 Å². The van der Waals surface area contributed by atoms with E-state index in [2.05, 4.69) is 22.5 Å². The topological polar surface area (TPSA) is 91.3 Å². The maximum atomic E-state index is 11.8. The summed E-state index contributed by atoms with van der Waals surface area (Å²) >= 11 is 1.23. The number of urea groups is 1. The highest BCUT2D eigenvalue weighted by Gasteiger charge is 2.40. The molecule has 1 fully saturated rings. The lowest BCUT2D eigenvalue weighted by molar-refractivity contribution is 0.0691. The first-order chi connectivity index (χ1) is 9.46. The summed E-state index contributed by atoms with van der Waals surface area (Å²) < 4.78 is 0. The largest absolute Gasteiger partial charge is 0.476 e. The van der Waals surface area contributed by atoms with Crippen molar-refractivity contribution in [2.75, 3.05) is 6.54 Å². The maximum Gasteiger partial charge on any atom is 0.355 e. The third kappa shape index (κ3) is 3.47. The van der Waals surface area contributed by atoms with Gasteiger partial charge in [0, 0.05) is 11.9 Å². The van der Waals surface area contributed by atoms with Crippen LogP contribution in [-0.4, -0.2) is 28.6 Å². The number of hydrogen-bond acceptors (Lipinski definition) is 4. The highest BCUT2D eigenvalue weighted by atomic mass is 32.1. The summed E-state index contributed by atoms with van der Waals surface area (Å²) in [6, 6.07) is -0.533. The van der Waals surface area contributed by atoms with Crippen LogP contribution in [0.25, 0.3) is 0 Å². The Labute approximate surface area is 121 Å². The Morgan fingerprint density at radius 2 is 2.25 bits per heavy atom. The predicted molar refractivity (Wildman–Crippen MR) is 76.0 cm³/mol. The first kappa shape index (κ1) is 14.8. The molecule has 0 bridgehead atoms. The third-order valence-corrected chi connectivity index (χ3v) is 4.82. The number of carbonyl (C=O) groups excluding carboxylic acids is 1. The van der Waals surface area contributed by atoms with Gasteiger partial charge in [0.15, 0.2) is 5.69 Å². The van der Waals surface area contributed by atoms with Gasteiger partial charge in [-0.25, -0.2) is 14.6 Å². The number of nitrogens with zero attached hydrogens (tertiary/aromatic N) is 1. The lowest BCUT2D eigenvalue weighted by atomic mass is 10.0. The zero-order valence-electron chi connectivity index (χ0n) is 11.6. The van der Waals surface area contributed by atoms with Crippen LogP contribution in [0.4, 0.5) is 4.79 Å². The molecular weight excluding hydrogens is 278 g/mol. The van der Waals surface area contributed by atoms with Crippen molar-refractivity contribution in [1.82, 2.24) is 15.6 Å². The molecule has 0 saturated heterocycles. The molecule has 20 heavy (non-hydrogen) atoms. The van der Waals surface area contributed by atoms with Crippen LogP contribution < -0.4 is 10.6 Å². The molecule has 2 amide bonds. The number of thiazole rings is 1. The summed E-state index contributed by atoms with van der Waals surface area (Å²) in [5.41, 5.74) is 0.320. The summed E-state index contributed by atoms with van der Waals surface area (Å²) in [6.45, 7) is 4.62. The average molecular weight is 297 g/mol. The lowest BCUT2D eigenvalue weighted by Gasteiger charge is -2.16. The molecule has 1 atom stereocenters. The minimum absolute atomic E-state index is 0.0157. The summed E-state index contributed by atoms with van der Waals surface area (Å²) in [5, 5.41) is 16.5. The molecule has 1 unspecified atom stereocenters. The molecule has 1 saturated carbocycles. The van der Waals surface area contributed by atoms with Crippen LogP contribution in [0.15, 0.2) is 5.38 Å². The van der Waals surface area contributed by atoms with Crippen molar-refractivity contribution in [1.29, 1.82) is 0 Å². The molecule has 2 rings (SSSR count). The van der Waals surface area contributed by atoms with Gasteiger partial charge in [0.2, 0.25) is 0 Å². The summed E-state index contributed by atoms with van der Waals surface area (Å²) in [5.74, 6) is -1.05. The van der Waals surface area contributed by atoms with Crippen LogP contribution in [0.5, 0.6) is 0 Å². The Bertz CT molecular complexity index is 511. The minimum Gasteiger partial charge on any atom is -0.476 e. The minimum atomic E-state index is -1.05. The Hall–Kier alpha value is -1.63. The van der Waals surface area contributed by atoms with E-state index in [4.69, 9.17) is 5.11 Å². The van der Waals surface area contributed by atoms with E-state index in [-0.39, 0.29) is 17.8 Å². The molecule has 0 aliphatic heterocycles. The molecule has 110 valence electrons. The molecule has 0 spiro atoms. The van der Waals surface area contributed by atoms with E-state index in [9.17, 15) is 9.59 Å². The van der Waals surface area contributed by atoms with Gasteiger partial charge in [0.05, 0.1) is 6.04 Å². The van der Waals surface area contributed by atoms with Gasteiger partial charge in [-0.2, -0.15) is 0 Å².